The molecule has 0 unspecified atom stereocenters. The van der Waals surface area contributed by atoms with Gasteiger partial charge in [0, 0.05) is 21.3 Å². The zero-order valence-corrected chi connectivity index (χ0v) is 10.5. The zero-order chi connectivity index (χ0) is 10.7. The predicted molar refractivity (Wildman–Crippen MR) is 62.8 cm³/mol. The molecule has 2 aromatic heterocycles. The second-order valence-electron chi connectivity index (χ2n) is 2.90. The summed E-state index contributed by atoms with van der Waals surface area (Å²) in [5.74, 6) is 0.710. The fraction of sp³-hybridized carbons (Fsp3) is 0.375. The Balaban J connectivity index is 1.98. The van der Waals surface area contributed by atoms with Gasteiger partial charge in [-0.3, -0.25) is 0 Å². The lowest BCUT2D eigenvalue weighted by atomic mass is 10.5. The van der Waals surface area contributed by atoms with Crippen molar-refractivity contribution in [2.45, 2.75) is 20.0 Å². The van der Waals surface area contributed by atoms with Crippen molar-refractivity contribution in [1.29, 1.82) is 0 Å². The number of tetrazole rings is 1. The number of anilines is 1. The summed E-state index contributed by atoms with van der Waals surface area (Å²) in [6.07, 6.45) is 0. The maximum Gasteiger partial charge on any atom is 0.243 e. The molecule has 80 valence electrons. The average Bonchev–Trinajstić information content (AvgIpc) is 2.83. The van der Waals surface area contributed by atoms with Crippen LogP contribution in [0.5, 0.6) is 0 Å². The Morgan fingerprint density at radius 3 is 3.13 bits per heavy atom. The molecule has 0 spiro atoms. The minimum atomic E-state index is 0.710. The highest BCUT2D eigenvalue weighted by molar-refractivity contribution is 9.10. The lowest BCUT2D eigenvalue weighted by Gasteiger charge is -2.02. The molecule has 0 aliphatic heterocycles. The second kappa shape index (κ2) is 4.71. The molecular formula is C8H10BrN5S. The van der Waals surface area contributed by atoms with Crippen LogP contribution >= 0.6 is 27.3 Å². The van der Waals surface area contributed by atoms with E-state index in [9.17, 15) is 0 Å². The van der Waals surface area contributed by atoms with Crippen LogP contribution < -0.4 is 5.32 Å². The van der Waals surface area contributed by atoms with E-state index in [1.165, 1.54) is 4.88 Å². The maximum atomic E-state index is 3.89. The Morgan fingerprint density at radius 1 is 1.60 bits per heavy atom. The van der Waals surface area contributed by atoms with Crippen molar-refractivity contribution in [3.05, 3.63) is 20.8 Å². The highest BCUT2D eigenvalue weighted by Crippen LogP contribution is 2.20. The molecule has 1 N–H and O–H groups in total. The zero-order valence-electron chi connectivity index (χ0n) is 8.14. The van der Waals surface area contributed by atoms with Crippen LogP contribution in [0, 0.1) is 0 Å². The van der Waals surface area contributed by atoms with E-state index >= 15 is 0 Å². The molecule has 0 atom stereocenters. The van der Waals surface area contributed by atoms with E-state index < -0.39 is 0 Å². The summed E-state index contributed by atoms with van der Waals surface area (Å²) in [6.45, 7) is 3.52. The molecule has 0 bridgehead atoms. The molecule has 0 saturated heterocycles. The van der Waals surface area contributed by atoms with Crippen LogP contribution in [-0.2, 0) is 13.1 Å². The highest BCUT2D eigenvalue weighted by atomic mass is 79.9. The fourth-order valence-electron chi connectivity index (χ4n) is 1.16. The normalized spacial score (nSPS) is 10.5. The molecule has 0 amide bonds. The van der Waals surface area contributed by atoms with Gasteiger partial charge in [0.2, 0.25) is 5.95 Å². The number of nitrogens with one attached hydrogen (secondary N) is 1. The van der Waals surface area contributed by atoms with E-state index in [1.54, 1.807) is 16.0 Å². The summed E-state index contributed by atoms with van der Waals surface area (Å²) in [5.41, 5.74) is 0. The monoisotopic (exact) mass is 287 g/mol. The van der Waals surface area contributed by atoms with Crippen LogP contribution in [0.3, 0.4) is 0 Å². The van der Waals surface area contributed by atoms with Crippen LogP contribution in [0.1, 0.15) is 11.8 Å². The van der Waals surface area contributed by atoms with E-state index in [0.29, 0.717) is 5.95 Å². The molecule has 2 rings (SSSR count). The van der Waals surface area contributed by atoms with Gasteiger partial charge in [-0.15, -0.1) is 11.3 Å². The molecule has 0 aliphatic carbocycles. The van der Waals surface area contributed by atoms with Gasteiger partial charge in [-0.1, -0.05) is 5.10 Å². The Hall–Kier alpha value is -0.950. The summed E-state index contributed by atoms with van der Waals surface area (Å²) in [5, 5.41) is 16.6. The first-order valence-corrected chi connectivity index (χ1v) is 6.20. The summed E-state index contributed by atoms with van der Waals surface area (Å²) in [4.78, 5) is 1.24. The minimum Gasteiger partial charge on any atom is -0.348 e. The quantitative estimate of drug-likeness (QED) is 0.936. The van der Waals surface area contributed by atoms with Crippen molar-refractivity contribution in [3.8, 4) is 0 Å². The molecule has 2 heterocycles. The third-order valence-electron chi connectivity index (χ3n) is 1.87. The summed E-state index contributed by atoms with van der Waals surface area (Å²) in [7, 11) is 0. The first-order chi connectivity index (χ1) is 7.29. The van der Waals surface area contributed by atoms with Crippen molar-refractivity contribution in [3.63, 3.8) is 0 Å². The van der Waals surface area contributed by atoms with E-state index in [-0.39, 0.29) is 0 Å². The molecule has 2 aromatic rings. The highest BCUT2D eigenvalue weighted by Gasteiger charge is 2.03. The fourth-order valence-corrected chi connectivity index (χ4v) is 2.55. The van der Waals surface area contributed by atoms with Crippen LogP contribution in [0.25, 0.3) is 0 Å². The molecule has 15 heavy (non-hydrogen) atoms. The number of nitrogens with zero attached hydrogens (tertiary/aromatic N) is 4. The van der Waals surface area contributed by atoms with Crippen molar-refractivity contribution in [1.82, 2.24) is 20.2 Å². The van der Waals surface area contributed by atoms with Gasteiger partial charge in [0.25, 0.3) is 0 Å². The van der Waals surface area contributed by atoms with Crippen molar-refractivity contribution in [2.75, 3.05) is 5.32 Å². The topological polar surface area (TPSA) is 55.6 Å². The molecule has 0 saturated carbocycles. The first-order valence-electron chi connectivity index (χ1n) is 4.52. The van der Waals surface area contributed by atoms with Gasteiger partial charge in [0.05, 0.1) is 6.54 Å². The van der Waals surface area contributed by atoms with Gasteiger partial charge < -0.3 is 5.32 Å². The van der Waals surface area contributed by atoms with Crippen molar-refractivity contribution < 1.29 is 0 Å². The maximum absolute atomic E-state index is 3.89. The first kappa shape index (κ1) is 10.6. The third kappa shape index (κ3) is 2.54. The Labute approximate surface area is 99.6 Å². The molecule has 0 fully saturated rings. The second-order valence-corrected chi connectivity index (χ2v) is 4.81. The molecule has 5 nitrogen and oxygen atoms in total. The Bertz CT molecular complexity index is 438. The summed E-state index contributed by atoms with van der Waals surface area (Å²) >= 11 is 5.11. The van der Waals surface area contributed by atoms with Crippen molar-refractivity contribution in [2.24, 2.45) is 0 Å². The smallest absolute Gasteiger partial charge is 0.243 e. The number of hydrogen-bond acceptors (Lipinski definition) is 5. The van der Waals surface area contributed by atoms with Gasteiger partial charge in [-0.05, 0) is 39.3 Å². The Kier molecular flexibility index (Phi) is 3.32. The summed E-state index contributed by atoms with van der Waals surface area (Å²) < 4.78 is 2.84. The van der Waals surface area contributed by atoms with Gasteiger partial charge in [-0.2, -0.15) is 0 Å². The number of hydrogen-bond donors (Lipinski definition) is 1. The lowest BCUT2D eigenvalue weighted by molar-refractivity contribution is 0.629. The van der Waals surface area contributed by atoms with E-state index in [4.69, 9.17) is 0 Å². The van der Waals surface area contributed by atoms with Crippen molar-refractivity contribution >= 4 is 33.2 Å². The van der Waals surface area contributed by atoms with Crippen LogP contribution in [-0.4, -0.2) is 20.2 Å². The number of aromatic nitrogens is 4. The Morgan fingerprint density at radius 2 is 2.47 bits per heavy atom. The van der Waals surface area contributed by atoms with E-state index in [2.05, 4.69) is 48.2 Å². The van der Waals surface area contributed by atoms with Gasteiger partial charge >= 0.3 is 0 Å². The largest absolute Gasteiger partial charge is 0.348 e. The van der Waals surface area contributed by atoms with Crippen LogP contribution in [0.2, 0.25) is 0 Å². The number of halogens is 1. The van der Waals surface area contributed by atoms with Crippen LogP contribution in [0.15, 0.2) is 15.9 Å². The van der Waals surface area contributed by atoms with E-state index in [1.807, 2.05) is 6.92 Å². The average molecular weight is 288 g/mol. The SMILES string of the molecule is CCn1nnnc1NCc1cc(Br)cs1. The van der Waals surface area contributed by atoms with Gasteiger partial charge in [0.15, 0.2) is 0 Å². The predicted octanol–water partition coefficient (Wildman–Crippen LogP) is 2.13. The van der Waals surface area contributed by atoms with Gasteiger partial charge in [-0.25, -0.2) is 4.68 Å². The van der Waals surface area contributed by atoms with Crippen LogP contribution in [0.4, 0.5) is 5.95 Å². The molecule has 0 radical (unpaired) electrons. The minimum absolute atomic E-state index is 0.710. The van der Waals surface area contributed by atoms with Gasteiger partial charge in [0.1, 0.15) is 0 Å². The van der Waals surface area contributed by atoms with E-state index in [0.717, 1.165) is 17.6 Å². The summed E-state index contributed by atoms with van der Waals surface area (Å²) in [6, 6.07) is 2.08. The lowest BCUT2D eigenvalue weighted by Crippen LogP contribution is -2.06. The third-order valence-corrected chi connectivity index (χ3v) is 3.57. The molecule has 0 aromatic carbocycles. The standard InChI is InChI=1S/C8H10BrN5S/c1-2-14-8(11-12-13-14)10-4-7-3-6(9)5-15-7/h3,5H,2,4H2,1H3,(H,10,11,13). The molecular weight excluding hydrogens is 278 g/mol. The number of thiophene rings is 1. The number of rotatable bonds is 4. The number of aryl methyl sites for hydroxylation is 1. The molecule has 0 aliphatic rings. The molecule has 7 heteroatoms.